The van der Waals surface area contributed by atoms with Gasteiger partial charge in [-0.15, -0.1) is 0 Å². The fraction of sp³-hybridized carbons (Fsp3) is 0.300. The molecule has 1 aromatic rings. The first-order valence-electron chi connectivity index (χ1n) is 4.75. The van der Waals surface area contributed by atoms with Crippen LogP contribution in [-0.4, -0.2) is 29.0 Å². The van der Waals surface area contributed by atoms with E-state index in [1.807, 2.05) is 0 Å². The first-order chi connectivity index (χ1) is 7.65. The Labute approximate surface area is 102 Å². The Kier molecular flexibility index (Phi) is 5.45. The molecule has 0 aliphatic carbocycles. The molecule has 1 atom stereocenters. The summed E-state index contributed by atoms with van der Waals surface area (Å²) in [4.78, 5) is 11.8. The van der Waals surface area contributed by atoms with Crippen molar-refractivity contribution in [3.8, 4) is 0 Å². The molecule has 0 bridgehead atoms. The van der Waals surface area contributed by atoms with E-state index in [9.17, 15) is 9.00 Å². The molecule has 0 aliphatic rings. The van der Waals surface area contributed by atoms with Crippen LogP contribution in [0.15, 0.2) is 29.2 Å². The van der Waals surface area contributed by atoms with E-state index < -0.39 is 10.8 Å². The maximum atomic E-state index is 11.8. The molecule has 0 heterocycles. The molecule has 4 nitrogen and oxygen atoms in total. The molecule has 1 amide bonds. The highest BCUT2D eigenvalue weighted by Crippen LogP contribution is 2.18. The zero-order chi connectivity index (χ0) is 12.0. The second kappa shape index (κ2) is 6.62. The van der Waals surface area contributed by atoms with Gasteiger partial charge in [0.15, 0.2) is 0 Å². The standard InChI is InChI=1S/C10H13ClN2O2S/c11-8-3-1-2-4-9(8)16(15)7-10(14)13-6-5-12/h1-4H,5-7,12H2,(H,13,14). The van der Waals surface area contributed by atoms with Crippen molar-refractivity contribution in [3.05, 3.63) is 29.3 Å². The van der Waals surface area contributed by atoms with E-state index in [-0.39, 0.29) is 11.7 Å². The zero-order valence-corrected chi connectivity index (χ0v) is 10.2. The highest BCUT2D eigenvalue weighted by molar-refractivity contribution is 7.85. The quantitative estimate of drug-likeness (QED) is 0.811. The molecule has 0 saturated carbocycles. The van der Waals surface area contributed by atoms with Crippen LogP contribution in [0.4, 0.5) is 0 Å². The minimum absolute atomic E-state index is 0.0935. The normalized spacial score (nSPS) is 12.1. The minimum Gasteiger partial charge on any atom is -0.354 e. The predicted octanol–water partition coefficient (Wildman–Crippen LogP) is 0.523. The molecule has 0 fully saturated rings. The molecule has 0 spiro atoms. The van der Waals surface area contributed by atoms with E-state index in [0.29, 0.717) is 23.0 Å². The number of hydrogen-bond acceptors (Lipinski definition) is 3. The van der Waals surface area contributed by atoms with Crippen molar-refractivity contribution in [2.24, 2.45) is 5.73 Å². The Morgan fingerprint density at radius 1 is 1.44 bits per heavy atom. The van der Waals surface area contributed by atoms with E-state index in [1.165, 1.54) is 0 Å². The van der Waals surface area contributed by atoms with Crippen LogP contribution in [0.3, 0.4) is 0 Å². The lowest BCUT2D eigenvalue weighted by Gasteiger charge is -2.05. The van der Waals surface area contributed by atoms with Crippen molar-refractivity contribution in [2.45, 2.75) is 4.90 Å². The van der Waals surface area contributed by atoms with Crippen LogP contribution in [-0.2, 0) is 15.6 Å². The molecule has 1 rings (SSSR count). The van der Waals surface area contributed by atoms with E-state index >= 15 is 0 Å². The van der Waals surface area contributed by atoms with Crippen LogP contribution < -0.4 is 11.1 Å². The fourth-order valence-electron chi connectivity index (χ4n) is 1.09. The highest BCUT2D eigenvalue weighted by Gasteiger charge is 2.12. The SMILES string of the molecule is NCCNC(=O)CS(=O)c1ccccc1Cl. The summed E-state index contributed by atoms with van der Waals surface area (Å²) in [6.07, 6.45) is 0. The molecule has 0 aliphatic heterocycles. The van der Waals surface area contributed by atoms with E-state index in [1.54, 1.807) is 24.3 Å². The summed E-state index contributed by atoms with van der Waals surface area (Å²) < 4.78 is 11.8. The number of rotatable bonds is 5. The molecule has 16 heavy (non-hydrogen) atoms. The average molecular weight is 261 g/mol. The molecule has 0 radical (unpaired) electrons. The van der Waals surface area contributed by atoms with Gasteiger partial charge in [0.05, 0.1) is 20.7 Å². The van der Waals surface area contributed by atoms with E-state index in [4.69, 9.17) is 17.3 Å². The van der Waals surface area contributed by atoms with Crippen molar-refractivity contribution < 1.29 is 9.00 Å². The molecule has 1 unspecified atom stereocenters. The van der Waals surface area contributed by atoms with Gasteiger partial charge >= 0.3 is 0 Å². The van der Waals surface area contributed by atoms with Gasteiger partial charge in [-0.3, -0.25) is 9.00 Å². The topological polar surface area (TPSA) is 72.2 Å². The van der Waals surface area contributed by atoms with Crippen LogP contribution in [0, 0.1) is 0 Å². The summed E-state index contributed by atoms with van der Waals surface area (Å²) in [5, 5.41) is 2.96. The minimum atomic E-state index is -1.41. The summed E-state index contributed by atoms with van der Waals surface area (Å²) in [5.74, 6) is -0.382. The average Bonchev–Trinajstić information content (AvgIpc) is 2.26. The third-order valence-corrected chi connectivity index (χ3v) is 3.62. The first-order valence-corrected chi connectivity index (χ1v) is 6.44. The van der Waals surface area contributed by atoms with Crippen LogP contribution in [0.25, 0.3) is 0 Å². The number of nitrogens with one attached hydrogen (secondary N) is 1. The number of carbonyl (C=O) groups excluding carboxylic acids is 1. The molecular weight excluding hydrogens is 248 g/mol. The highest BCUT2D eigenvalue weighted by atomic mass is 35.5. The summed E-state index contributed by atoms with van der Waals surface area (Å²) in [5.41, 5.74) is 5.23. The van der Waals surface area contributed by atoms with Gasteiger partial charge in [0.2, 0.25) is 5.91 Å². The summed E-state index contributed by atoms with van der Waals surface area (Å²) in [6, 6.07) is 6.77. The lowest BCUT2D eigenvalue weighted by Crippen LogP contribution is -2.32. The fourth-order valence-corrected chi connectivity index (χ4v) is 2.49. The Balaban J connectivity index is 2.59. The Bertz CT molecular complexity index is 398. The smallest absolute Gasteiger partial charge is 0.233 e. The van der Waals surface area contributed by atoms with Crippen molar-refractivity contribution >= 4 is 28.3 Å². The van der Waals surface area contributed by atoms with Crippen LogP contribution in [0.5, 0.6) is 0 Å². The molecular formula is C10H13ClN2O2S. The van der Waals surface area contributed by atoms with Gasteiger partial charge in [0, 0.05) is 13.1 Å². The zero-order valence-electron chi connectivity index (χ0n) is 8.61. The number of halogens is 1. The maximum Gasteiger partial charge on any atom is 0.233 e. The van der Waals surface area contributed by atoms with Crippen molar-refractivity contribution in [2.75, 3.05) is 18.8 Å². The summed E-state index contributed by atoms with van der Waals surface area (Å²) in [6.45, 7) is 0.753. The number of nitrogens with two attached hydrogens (primary N) is 1. The second-order valence-electron chi connectivity index (χ2n) is 3.06. The third kappa shape index (κ3) is 3.92. The Morgan fingerprint density at radius 2 is 2.12 bits per heavy atom. The van der Waals surface area contributed by atoms with Gasteiger partial charge in [-0.2, -0.15) is 0 Å². The number of amides is 1. The first kappa shape index (κ1) is 13.2. The van der Waals surface area contributed by atoms with Crippen molar-refractivity contribution in [3.63, 3.8) is 0 Å². The van der Waals surface area contributed by atoms with Crippen molar-refractivity contribution in [1.82, 2.24) is 5.32 Å². The van der Waals surface area contributed by atoms with E-state index in [2.05, 4.69) is 5.32 Å². The monoisotopic (exact) mass is 260 g/mol. The van der Waals surface area contributed by atoms with Crippen molar-refractivity contribution in [1.29, 1.82) is 0 Å². The van der Waals surface area contributed by atoms with Crippen LogP contribution in [0.2, 0.25) is 5.02 Å². The second-order valence-corrected chi connectivity index (χ2v) is 4.89. The molecule has 6 heteroatoms. The lowest BCUT2D eigenvalue weighted by atomic mass is 10.4. The predicted molar refractivity (Wildman–Crippen MR) is 64.8 cm³/mol. The molecule has 0 aromatic heterocycles. The molecule has 3 N–H and O–H groups in total. The van der Waals surface area contributed by atoms with Gasteiger partial charge in [-0.25, -0.2) is 0 Å². The summed E-state index contributed by atoms with van der Waals surface area (Å²) >= 11 is 5.86. The number of carbonyl (C=O) groups is 1. The molecule has 0 saturated heterocycles. The lowest BCUT2D eigenvalue weighted by molar-refractivity contribution is -0.118. The number of benzene rings is 1. The summed E-state index contributed by atoms with van der Waals surface area (Å²) in [7, 11) is -1.41. The molecule has 88 valence electrons. The van der Waals surface area contributed by atoms with Gasteiger partial charge < -0.3 is 11.1 Å². The Hall–Kier alpha value is -0.910. The van der Waals surface area contributed by atoms with E-state index in [0.717, 1.165) is 0 Å². The Morgan fingerprint density at radius 3 is 2.75 bits per heavy atom. The van der Waals surface area contributed by atoms with Crippen LogP contribution >= 0.6 is 11.6 Å². The van der Waals surface area contributed by atoms with Crippen LogP contribution in [0.1, 0.15) is 0 Å². The van der Waals surface area contributed by atoms with Gasteiger partial charge in [-0.05, 0) is 12.1 Å². The van der Waals surface area contributed by atoms with Gasteiger partial charge in [0.1, 0.15) is 5.75 Å². The third-order valence-electron chi connectivity index (χ3n) is 1.81. The maximum absolute atomic E-state index is 11.8. The van der Waals surface area contributed by atoms with Gasteiger partial charge in [0.25, 0.3) is 0 Å². The largest absolute Gasteiger partial charge is 0.354 e. The molecule has 1 aromatic carbocycles. The number of hydrogen-bond donors (Lipinski definition) is 2. The van der Waals surface area contributed by atoms with Gasteiger partial charge in [-0.1, -0.05) is 23.7 Å².